The van der Waals surface area contributed by atoms with Crippen molar-refractivity contribution in [2.75, 3.05) is 0 Å². The normalized spacial score (nSPS) is 20.4. The predicted octanol–water partition coefficient (Wildman–Crippen LogP) is 11.4. The van der Waals surface area contributed by atoms with Crippen molar-refractivity contribution in [1.29, 1.82) is 0 Å². The quantitative estimate of drug-likeness (QED) is 0.191. The van der Waals surface area contributed by atoms with Gasteiger partial charge in [-0.15, -0.1) is 11.1 Å². The van der Waals surface area contributed by atoms with Gasteiger partial charge in [0, 0.05) is 0 Å². The lowest BCUT2D eigenvalue weighted by Crippen LogP contribution is -2.51. The van der Waals surface area contributed by atoms with Crippen LogP contribution in [0.4, 0.5) is 0 Å². The van der Waals surface area contributed by atoms with E-state index in [2.05, 4.69) is 179 Å². The molecule has 0 nitrogen and oxygen atoms in total. The molecule has 3 aromatic rings. The Bertz CT molecular complexity index is 1380. The minimum absolute atomic E-state index is 0.507. The average molecular weight is 615 g/mol. The van der Waals surface area contributed by atoms with Gasteiger partial charge in [-0.2, -0.15) is 0 Å². The number of hydrogen-bond acceptors (Lipinski definition) is 0. The van der Waals surface area contributed by atoms with Crippen LogP contribution in [0.5, 0.6) is 0 Å². The van der Waals surface area contributed by atoms with Gasteiger partial charge in [0.1, 0.15) is 27.0 Å². The third-order valence-electron chi connectivity index (χ3n) is 11.9. The summed E-state index contributed by atoms with van der Waals surface area (Å²) in [6, 6.07) is 27.6. The van der Waals surface area contributed by atoms with E-state index < -0.39 is 27.0 Å². The summed E-state index contributed by atoms with van der Waals surface area (Å²) in [6.45, 7) is 29.1. The zero-order valence-corrected chi connectivity index (χ0v) is 31.4. The summed E-state index contributed by atoms with van der Waals surface area (Å²) in [5, 5.41) is 0. The predicted molar refractivity (Wildman–Crippen MR) is 197 cm³/mol. The molecular formula is C42H54Si2. The van der Waals surface area contributed by atoms with E-state index in [-0.39, 0.29) is 0 Å². The third-order valence-corrected chi connectivity index (χ3v) is 24.5. The van der Waals surface area contributed by atoms with Gasteiger partial charge in [0.05, 0.1) is 0 Å². The van der Waals surface area contributed by atoms with Crippen molar-refractivity contribution >= 4 is 16.1 Å². The first-order chi connectivity index (χ1) is 20.8. The van der Waals surface area contributed by atoms with Crippen LogP contribution in [0.2, 0.25) is 33.2 Å². The second-order valence-corrected chi connectivity index (χ2v) is 26.6. The fraction of sp³-hybridized carbons (Fsp3) is 0.476. The Morgan fingerprint density at radius 1 is 0.364 bits per heavy atom. The Balaban J connectivity index is 1.96. The van der Waals surface area contributed by atoms with Crippen LogP contribution >= 0.6 is 0 Å². The van der Waals surface area contributed by atoms with Gasteiger partial charge in [0.2, 0.25) is 0 Å². The van der Waals surface area contributed by atoms with E-state index in [1.807, 2.05) is 0 Å². The summed E-state index contributed by atoms with van der Waals surface area (Å²) >= 11 is 0. The Kier molecular flexibility index (Phi) is 8.55. The summed E-state index contributed by atoms with van der Waals surface area (Å²) in [4.78, 5) is 0. The fourth-order valence-corrected chi connectivity index (χ4v) is 20.5. The first-order valence-electron chi connectivity index (χ1n) is 17.1. The largest absolute Gasteiger partial charge is 0.146 e. The van der Waals surface area contributed by atoms with Crippen LogP contribution in [0, 0.1) is 22.9 Å². The molecule has 0 radical (unpaired) electrons. The smallest absolute Gasteiger partial charge is 0.129 e. The molecule has 2 bridgehead atoms. The zero-order chi connectivity index (χ0) is 32.2. The van der Waals surface area contributed by atoms with Gasteiger partial charge < -0.3 is 0 Å². The molecule has 0 atom stereocenters. The van der Waals surface area contributed by atoms with Crippen molar-refractivity contribution in [3.05, 3.63) is 106 Å². The molecule has 0 heterocycles. The Morgan fingerprint density at radius 2 is 0.545 bits per heavy atom. The van der Waals surface area contributed by atoms with Crippen LogP contribution in [0.15, 0.2) is 72.8 Å². The lowest BCUT2D eigenvalue weighted by atomic mass is 9.47. The van der Waals surface area contributed by atoms with Crippen LogP contribution in [0.3, 0.4) is 0 Å². The second kappa shape index (κ2) is 11.5. The summed E-state index contributed by atoms with van der Waals surface area (Å²) in [7, 11) is -4.00. The highest BCUT2D eigenvalue weighted by Gasteiger charge is 2.58. The van der Waals surface area contributed by atoms with Crippen LogP contribution in [0.25, 0.3) is 0 Å². The van der Waals surface area contributed by atoms with E-state index in [1.165, 1.54) is 33.4 Å². The van der Waals surface area contributed by atoms with Crippen LogP contribution in [-0.2, 0) is 10.8 Å². The molecule has 0 amide bonds. The van der Waals surface area contributed by atoms with Gasteiger partial charge in [-0.1, -0.05) is 168 Å². The molecule has 0 unspecified atom stereocenters. The van der Waals surface area contributed by atoms with Crippen LogP contribution in [-0.4, -0.2) is 16.1 Å². The van der Waals surface area contributed by atoms with E-state index in [9.17, 15) is 0 Å². The van der Waals surface area contributed by atoms with E-state index in [4.69, 9.17) is 0 Å². The molecule has 44 heavy (non-hydrogen) atoms. The molecule has 0 saturated heterocycles. The monoisotopic (exact) mass is 614 g/mol. The summed E-state index contributed by atoms with van der Waals surface area (Å²) in [5.41, 5.74) is 18.9. The Labute approximate surface area is 271 Å². The molecule has 6 rings (SSSR count). The van der Waals surface area contributed by atoms with E-state index in [0.717, 1.165) is 0 Å². The highest BCUT2D eigenvalue weighted by molar-refractivity contribution is 6.91. The third kappa shape index (κ3) is 4.24. The maximum Gasteiger partial charge on any atom is 0.146 e. The minimum atomic E-state index is -2.00. The number of benzene rings is 3. The molecule has 0 spiro atoms. The van der Waals surface area contributed by atoms with Gasteiger partial charge in [0.15, 0.2) is 0 Å². The fourth-order valence-electron chi connectivity index (χ4n) is 9.96. The number of rotatable bonds is 6. The highest BCUT2D eigenvalue weighted by atomic mass is 28.3. The zero-order valence-electron chi connectivity index (χ0n) is 29.4. The average Bonchev–Trinajstić information content (AvgIpc) is 2.97. The molecule has 0 fully saturated rings. The molecule has 0 aromatic heterocycles. The van der Waals surface area contributed by atoms with Crippen molar-refractivity contribution in [1.82, 2.24) is 0 Å². The minimum Gasteiger partial charge on any atom is -0.129 e. The first-order valence-corrected chi connectivity index (χ1v) is 21.6. The van der Waals surface area contributed by atoms with Gasteiger partial charge in [0.25, 0.3) is 0 Å². The van der Waals surface area contributed by atoms with Gasteiger partial charge in [-0.3, -0.25) is 0 Å². The summed E-state index contributed by atoms with van der Waals surface area (Å²) in [5.74, 6) is 8.39. The van der Waals surface area contributed by atoms with Crippen molar-refractivity contribution in [2.24, 2.45) is 0 Å². The molecule has 0 aliphatic heterocycles. The second-order valence-electron chi connectivity index (χ2n) is 15.4. The van der Waals surface area contributed by atoms with Crippen molar-refractivity contribution in [3.8, 4) is 22.9 Å². The molecule has 0 saturated carbocycles. The van der Waals surface area contributed by atoms with E-state index in [0.29, 0.717) is 33.2 Å². The van der Waals surface area contributed by atoms with Crippen LogP contribution in [0.1, 0.15) is 116 Å². The van der Waals surface area contributed by atoms with E-state index in [1.54, 1.807) is 0 Å². The maximum absolute atomic E-state index is 4.21. The van der Waals surface area contributed by atoms with Gasteiger partial charge in [-0.25, -0.2) is 0 Å². The highest BCUT2D eigenvalue weighted by Crippen LogP contribution is 2.62. The van der Waals surface area contributed by atoms with Crippen molar-refractivity contribution in [2.45, 2.75) is 127 Å². The number of hydrogen-bond donors (Lipinski definition) is 0. The Morgan fingerprint density at radius 3 is 0.705 bits per heavy atom. The van der Waals surface area contributed by atoms with Crippen molar-refractivity contribution in [3.63, 3.8) is 0 Å². The van der Waals surface area contributed by atoms with Gasteiger partial charge >= 0.3 is 0 Å². The molecule has 3 aliphatic carbocycles. The lowest BCUT2D eigenvalue weighted by molar-refractivity contribution is 0.605. The SMILES string of the molecule is CC(C)[Si](C#CC12c3ccccc3C(C#C[Si](C(C)C)(C(C)C)C(C)C)(c3ccccc31)c1ccccc12)(C(C)C)C(C)C. The molecule has 2 heteroatoms. The Hall–Kier alpha value is -2.79. The van der Waals surface area contributed by atoms with Crippen LogP contribution < -0.4 is 0 Å². The maximum atomic E-state index is 4.21. The topological polar surface area (TPSA) is 0 Å². The molecule has 3 aliphatic rings. The molecule has 3 aromatic carbocycles. The van der Waals surface area contributed by atoms with Gasteiger partial charge in [-0.05, 0) is 66.6 Å². The standard InChI is InChI=1S/C42H54Si2/c1-29(2)43(30(3)4,31(5)6)27-25-41-35-19-13-16-22-38(35)42(39-23-17-14-20-36(39)41,40-24-18-15-21-37(40)41)26-28-44(32(7)8,33(9)10)34(11)12/h13-24,29-34H,1-12H3. The molecular weight excluding hydrogens is 561 g/mol. The van der Waals surface area contributed by atoms with Crippen molar-refractivity contribution < 1.29 is 0 Å². The molecule has 0 N–H and O–H groups in total. The molecule has 230 valence electrons. The first kappa shape index (κ1) is 32.6. The van der Waals surface area contributed by atoms with E-state index >= 15 is 0 Å². The summed E-state index contributed by atoms with van der Waals surface area (Å²) < 4.78 is 0. The summed E-state index contributed by atoms with van der Waals surface area (Å²) in [6.07, 6.45) is 0. The lowest BCUT2D eigenvalue weighted by Gasteiger charge is -2.53.